The maximum Gasteiger partial charge on any atom is 0.294 e. The zero-order valence-electron chi connectivity index (χ0n) is 8.33. The molecule has 0 saturated heterocycles. The Morgan fingerprint density at radius 1 is 1.33 bits per heavy atom. The predicted octanol–water partition coefficient (Wildman–Crippen LogP) is 2.23. The molecule has 0 aromatic heterocycles. The van der Waals surface area contributed by atoms with Crippen LogP contribution < -0.4 is 0 Å². The van der Waals surface area contributed by atoms with E-state index in [0.29, 0.717) is 0 Å². The maximum absolute atomic E-state index is 4.20. The van der Waals surface area contributed by atoms with Gasteiger partial charge in [0.05, 0.1) is 13.2 Å². The first-order chi connectivity index (χ1) is 5.57. The lowest BCUT2D eigenvalue weighted by Gasteiger charge is -1.88. The standard InChI is InChI=1S/C10H17N2/c1-6-12(5)10(4)11-8-7-9(2)3/h6-8H,1H2,2-5H3/q+1. The van der Waals surface area contributed by atoms with E-state index in [1.807, 2.05) is 38.5 Å². The highest BCUT2D eigenvalue weighted by Crippen LogP contribution is 1.85. The third kappa shape index (κ3) is 4.61. The molecule has 0 aliphatic heterocycles. The first-order valence-corrected chi connectivity index (χ1v) is 3.94. The van der Waals surface area contributed by atoms with Crippen LogP contribution in [0.3, 0.4) is 0 Å². The van der Waals surface area contributed by atoms with Gasteiger partial charge in [0.2, 0.25) is 0 Å². The molecule has 12 heavy (non-hydrogen) atoms. The van der Waals surface area contributed by atoms with E-state index in [-0.39, 0.29) is 0 Å². The van der Waals surface area contributed by atoms with E-state index < -0.39 is 0 Å². The van der Waals surface area contributed by atoms with Crippen LogP contribution in [0.15, 0.2) is 29.4 Å². The summed E-state index contributed by atoms with van der Waals surface area (Å²) < 4.78 is 1.87. The predicted molar refractivity (Wildman–Crippen MR) is 55.0 cm³/mol. The lowest BCUT2D eigenvalue weighted by atomic mass is 10.3. The lowest BCUT2D eigenvalue weighted by molar-refractivity contribution is -0.422. The van der Waals surface area contributed by atoms with Crippen molar-refractivity contribution in [2.75, 3.05) is 7.05 Å². The highest BCUT2D eigenvalue weighted by Gasteiger charge is 1.95. The molecular formula is C10H17N2+. The number of allylic oxidation sites excluding steroid dienone is 2. The lowest BCUT2D eigenvalue weighted by Crippen LogP contribution is -2.04. The van der Waals surface area contributed by atoms with Crippen molar-refractivity contribution in [2.45, 2.75) is 20.8 Å². The minimum atomic E-state index is 0.933. The second kappa shape index (κ2) is 5.47. The molecule has 0 aliphatic carbocycles. The molecule has 0 saturated carbocycles. The molecule has 0 N–H and O–H groups in total. The van der Waals surface area contributed by atoms with Crippen molar-refractivity contribution in [3.05, 3.63) is 24.4 Å². The fraction of sp³-hybridized carbons (Fsp3) is 0.400. The van der Waals surface area contributed by atoms with Crippen LogP contribution in [-0.2, 0) is 0 Å². The van der Waals surface area contributed by atoms with Crippen LogP contribution in [0, 0.1) is 0 Å². The fourth-order valence-electron chi connectivity index (χ4n) is 0.517. The van der Waals surface area contributed by atoms with E-state index in [4.69, 9.17) is 0 Å². The van der Waals surface area contributed by atoms with Gasteiger partial charge in [-0.3, -0.25) is 0 Å². The summed E-state index contributed by atoms with van der Waals surface area (Å²) >= 11 is 0. The van der Waals surface area contributed by atoms with Gasteiger partial charge in [-0.15, -0.1) is 0 Å². The van der Waals surface area contributed by atoms with Gasteiger partial charge in [-0.05, 0) is 19.9 Å². The van der Waals surface area contributed by atoms with Crippen LogP contribution in [0.2, 0.25) is 0 Å². The average Bonchev–Trinajstić information content (AvgIpc) is 2.02. The SMILES string of the molecule is C=C[N+](C)=C(C)N=CC=C(C)C. The summed E-state index contributed by atoms with van der Waals surface area (Å²) in [6.07, 6.45) is 5.50. The number of hydrogen-bond acceptors (Lipinski definition) is 0. The Hall–Kier alpha value is -1.18. The molecule has 2 heteroatoms. The summed E-state index contributed by atoms with van der Waals surface area (Å²) in [5, 5.41) is 0. The molecule has 0 aromatic rings. The zero-order chi connectivity index (χ0) is 9.56. The van der Waals surface area contributed by atoms with Crippen molar-refractivity contribution in [3.8, 4) is 0 Å². The minimum absolute atomic E-state index is 0.933. The summed E-state index contributed by atoms with van der Waals surface area (Å²) in [6, 6.07) is 0. The van der Waals surface area contributed by atoms with Crippen LogP contribution in [0.25, 0.3) is 0 Å². The van der Waals surface area contributed by atoms with Crippen LogP contribution >= 0.6 is 0 Å². The molecule has 0 aliphatic rings. The molecule has 0 fully saturated rings. The highest BCUT2D eigenvalue weighted by molar-refractivity contribution is 5.88. The summed E-state index contributed by atoms with van der Waals surface area (Å²) in [6.45, 7) is 9.66. The Balaban J connectivity index is 4.36. The van der Waals surface area contributed by atoms with Crippen LogP contribution in [0.1, 0.15) is 20.8 Å². The minimum Gasteiger partial charge on any atom is -0.238 e. The van der Waals surface area contributed by atoms with Gasteiger partial charge in [0.25, 0.3) is 5.84 Å². The summed E-state index contributed by atoms with van der Waals surface area (Å²) in [4.78, 5) is 4.20. The Kier molecular flexibility index (Phi) is 4.93. The van der Waals surface area contributed by atoms with Gasteiger partial charge >= 0.3 is 0 Å². The summed E-state index contributed by atoms with van der Waals surface area (Å²) in [5.74, 6) is 0.933. The van der Waals surface area contributed by atoms with Gasteiger partial charge in [-0.25, -0.2) is 4.58 Å². The molecule has 0 aromatic carbocycles. The normalized spacial score (nSPS) is 12.7. The summed E-state index contributed by atoms with van der Waals surface area (Å²) in [7, 11) is 1.92. The maximum atomic E-state index is 4.20. The van der Waals surface area contributed by atoms with Gasteiger partial charge in [-0.2, -0.15) is 0 Å². The second-order valence-corrected chi connectivity index (χ2v) is 2.86. The van der Waals surface area contributed by atoms with E-state index in [2.05, 4.69) is 11.6 Å². The largest absolute Gasteiger partial charge is 0.294 e. The zero-order valence-corrected chi connectivity index (χ0v) is 8.33. The van der Waals surface area contributed by atoms with Gasteiger partial charge in [-0.1, -0.05) is 17.1 Å². The topological polar surface area (TPSA) is 15.4 Å². The number of aliphatic imine (C=N–C) groups is 1. The van der Waals surface area contributed by atoms with Gasteiger partial charge in [0.15, 0.2) is 0 Å². The van der Waals surface area contributed by atoms with Crippen molar-refractivity contribution >= 4 is 12.1 Å². The van der Waals surface area contributed by atoms with E-state index in [1.165, 1.54) is 5.57 Å². The van der Waals surface area contributed by atoms with Crippen molar-refractivity contribution in [2.24, 2.45) is 4.99 Å². The van der Waals surface area contributed by atoms with Crippen LogP contribution in [0.5, 0.6) is 0 Å². The molecule has 0 atom stereocenters. The van der Waals surface area contributed by atoms with Crippen molar-refractivity contribution in [1.82, 2.24) is 0 Å². The molecule has 0 radical (unpaired) electrons. The molecule has 0 bridgehead atoms. The number of amidine groups is 1. The Morgan fingerprint density at radius 2 is 1.92 bits per heavy atom. The molecule has 0 heterocycles. The third-order valence-corrected chi connectivity index (χ3v) is 1.45. The first-order valence-electron chi connectivity index (χ1n) is 3.94. The van der Waals surface area contributed by atoms with Gasteiger partial charge < -0.3 is 0 Å². The fourth-order valence-corrected chi connectivity index (χ4v) is 0.517. The number of hydrogen-bond donors (Lipinski definition) is 0. The first kappa shape index (κ1) is 10.8. The van der Waals surface area contributed by atoms with E-state index >= 15 is 0 Å². The second-order valence-electron chi connectivity index (χ2n) is 2.86. The van der Waals surface area contributed by atoms with E-state index in [1.54, 1.807) is 12.4 Å². The summed E-state index contributed by atoms with van der Waals surface area (Å²) in [5.41, 5.74) is 1.24. The van der Waals surface area contributed by atoms with Crippen LogP contribution in [-0.4, -0.2) is 23.7 Å². The number of nitrogens with zero attached hydrogens (tertiary/aromatic N) is 2. The monoisotopic (exact) mass is 165 g/mol. The van der Waals surface area contributed by atoms with Gasteiger partial charge in [0, 0.05) is 6.92 Å². The quantitative estimate of drug-likeness (QED) is 0.339. The molecule has 0 rings (SSSR count). The van der Waals surface area contributed by atoms with Crippen LogP contribution in [0.4, 0.5) is 0 Å². The Labute approximate surface area is 74.6 Å². The Morgan fingerprint density at radius 3 is 2.33 bits per heavy atom. The van der Waals surface area contributed by atoms with Crippen molar-refractivity contribution in [1.29, 1.82) is 0 Å². The third-order valence-electron chi connectivity index (χ3n) is 1.45. The van der Waals surface area contributed by atoms with Crippen molar-refractivity contribution in [3.63, 3.8) is 0 Å². The highest BCUT2D eigenvalue weighted by atomic mass is 15.0. The molecule has 0 amide bonds. The molecule has 0 unspecified atom stereocenters. The molecular weight excluding hydrogens is 148 g/mol. The van der Waals surface area contributed by atoms with Gasteiger partial charge in [0.1, 0.15) is 6.21 Å². The van der Waals surface area contributed by atoms with E-state index in [0.717, 1.165) is 5.84 Å². The molecule has 66 valence electrons. The smallest absolute Gasteiger partial charge is 0.238 e. The Bertz CT molecular complexity index is 241. The molecule has 2 nitrogen and oxygen atoms in total. The van der Waals surface area contributed by atoms with E-state index in [9.17, 15) is 0 Å². The number of rotatable bonds is 2. The van der Waals surface area contributed by atoms with Crippen molar-refractivity contribution < 1.29 is 4.58 Å². The molecule has 0 spiro atoms. The average molecular weight is 165 g/mol.